The minimum Gasteiger partial charge on any atom is -0.492 e. The molecular weight excluding hydrogens is 486 g/mol. The van der Waals surface area contributed by atoms with Crippen molar-refractivity contribution in [3.63, 3.8) is 0 Å². The van der Waals surface area contributed by atoms with E-state index in [0.29, 0.717) is 12.2 Å². The van der Waals surface area contributed by atoms with Gasteiger partial charge < -0.3 is 9.64 Å². The second-order valence-corrected chi connectivity index (χ2v) is 11.5. The first kappa shape index (κ1) is 27.3. The first-order valence-corrected chi connectivity index (χ1v) is 14.4. The number of aryl methyl sites for hydroxylation is 1. The number of pyridine rings is 1. The van der Waals surface area contributed by atoms with Gasteiger partial charge in [-0.25, -0.2) is 9.97 Å². The standard InChI is InChI=1S/C32H41N5O2/c1-25(2)30-34-21-28(22-35-30)31(38)37-17-13-32(14-18-37)12-6-5-8-27-7-3-4-9-29(27)39-20-19-36(24-32)23-26-10-15-33-16-11-26/h3-4,7,9-11,15-16,21-22,25H,5-6,8,12-14,17-20,23-24H2,1-2H3. The number of ether oxygens (including phenoxy) is 1. The lowest BCUT2D eigenvalue weighted by atomic mass is 9.73. The molecule has 4 heterocycles. The molecule has 1 spiro atoms. The van der Waals surface area contributed by atoms with Crippen molar-refractivity contribution < 1.29 is 9.53 Å². The van der Waals surface area contributed by atoms with Crippen LogP contribution in [0.25, 0.3) is 0 Å². The Balaban J connectivity index is 1.30. The van der Waals surface area contributed by atoms with Crippen LogP contribution in [0.1, 0.15) is 79.2 Å². The van der Waals surface area contributed by atoms with E-state index in [1.807, 2.05) is 17.3 Å². The first-order valence-electron chi connectivity index (χ1n) is 14.4. The number of aromatic nitrogens is 3. The van der Waals surface area contributed by atoms with Crippen molar-refractivity contribution in [3.05, 3.63) is 83.7 Å². The van der Waals surface area contributed by atoms with Crippen LogP contribution in [0, 0.1) is 5.41 Å². The highest BCUT2D eigenvalue weighted by Gasteiger charge is 2.37. The lowest BCUT2D eigenvalue weighted by Crippen LogP contribution is -2.48. The molecule has 1 saturated heterocycles. The zero-order valence-electron chi connectivity index (χ0n) is 23.4. The summed E-state index contributed by atoms with van der Waals surface area (Å²) in [5.41, 5.74) is 3.34. The molecule has 1 aromatic carbocycles. The van der Waals surface area contributed by atoms with Crippen LogP contribution in [0.3, 0.4) is 0 Å². The van der Waals surface area contributed by atoms with Gasteiger partial charge in [-0.1, -0.05) is 38.5 Å². The Labute approximate surface area is 232 Å². The van der Waals surface area contributed by atoms with Crippen LogP contribution in [0.2, 0.25) is 0 Å². The maximum Gasteiger partial charge on any atom is 0.256 e. The fourth-order valence-electron chi connectivity index (χ4n) is 5.99. The Morgan fingerprint density at radius 1 is 0.974 bits per heavy atom. The fraction of sp³-hybridized carbons (Fsp3) is 0.500. The van der Waals surface area contributed by atoms with Crippen LogP contribution in [0.4, 0.5) is 0 Å². The number of rotatable bonds is 4. The molecule has 2 aliphatic heterocycles. The summed E-state index contributed by atoms with van der Waals surface area (Å²) >= 11 is 0. The number of amides is 1. The number of hydrogen-bond acceptors (Lipinski definition) is 6. The zero-order valence-corrected chi connectivity index (χ0v) is 23.4. The quantitative estimate of drug-likeness (QED) is 0.445. The number of benzene rings is 1. The highest BCUT2D eigenvalue weighted by Crippen LogP contribution is 2.39. The second-order valence-electron chi connectivity index (χ2n) is 11.5. The zero-order chi connectivity index (χ0) is 27.1. The Bertz CT molecular complexity index is 1210. The smallest absolute Gasteiger partial charge is 0.256 e. The summed E-state index contributed by atoms with van der Waals surface area (Å²) in [6, 6.07) is 12.7. The van der Waals surface area contributed by atoms with Gasteiger partial charge in [0, 0.05) is 63.4 Å². The van der Waals surface area contributed by atoms with Gasteiger partial charge in [-0.2, -0.15) is 0 Å². The molecule has 7 heteroatoms. The summed E-state index contributed by atoms with van der Waals surface area (Å²) in [6.07, 6.45) is 13.7. The highest BCUT2D eigenvalue weighted by atomic mass is 16.5. The Hall–Kier alpha value is -3.32. The van der Waals surface area contributed by atoms with Gasteiger partial charge in [-0.15, -0.1) is 0 Å². The molecule has 2 aliphatic rings. The number of piperidine rings is 1. The Kier molecular flexibility index (Phi) is 8.87. The van der Waals surface area contributed by atoms with Gasteiger partial charge >= 0.3 is 0 Å². The topological polar surface area (TPSA) is 71.5 Å². The number of hydrogen-bond donors (Lipinski definition) is 0. The van der Waals surface area contributed by atoms with E-state index in [9.17, 15) is 4.79 Å². The van der Waals surface area contributed by atoms with Crippen LogP contribution in [0.5, 0.6) is 5.75 Å². The number of carbonyl (C=O) groups excluding carboxylic acids is 1. The van der Waals surface area contributed by atoms with Crippen LogP contribution >= 0.6 is 0 Å². The molecule has 0 bridgehead atoms. The number of likely N-dealkylation sites (tertiary alicyclic amines) is 1. The van der Waals surface area contributed by atoms with Gasteiger partial charge in [0.25, 0.3) is 5.91 Å². The molecule has 0 radical (unpaired) electrons. The molecule has 3 aromatic rings. The van der Waals surface area contributed by atoms with Gasteiger partial charge in [0.2, 0.25) is 0 Å². The predicted octanol–water partition coefficient (Wildman–Crippen LogP) is 5.53. The molecule has 0 saturated carbocycles. The van der Waals surface area contributed by atoms with Crippen molar-refractivity contribution >= 4 is 5.91 Å². The van der Waals surface area contributed by atoms with Crippen molar-refractivity contribution in [1.29, 1.82) is 0 Å². The molecule has 2 aromatic heterocycles. The molecular formula is C32H41N5O2. The first-order chi connectivity index (χ1) is 19.0. The van der Waals surface area contributed by atoms with Gasteiger partial charge in [0.05, 0.1) is 5.56 Å². The van der Waals surface area contributed by atoms with E-state index in [4.69, 9.17) is 4.74 Å². The van der Waals surface area contributed by atoms with Gasteiger partial charge in [-0.05, 0) is 66.8 Å². The van der Waals surface area contributed by atoms with Crippen LogP contribution in [-0.4, -0.2) is 63.4 Å². The molecule has 1 fully saturated rings. The van der Waals surface area contributed by atoms with Gasteiger partial charge in [-0.3, -0.25) is 14.7 Å². The SMILES string of the molecule is CC(C)c1ncc(C(=O)N2CCC3(CCCCc4ccccc4OCCN(Cc4ccncc4)C3)CC2)cn1. The molecule has 0 unspecified atom stereocenters. The van der Waals surface area contributed by atoms with Gasteiger partial charge in [0.1, 0.15) is 18.2 Å². The largest absolute Gasteiger partial charge is 0.492 e. The van der Waals surface area contributed by atoms with E-state index in [1.54, 1.807) is 12.4 Å². The van der Waals surface area contributed by atoms with E-state index in [0.717, 1.165) is 70.0 Å². The molecule has 0 atom stereocenters. The minimum atomic E-state index is 0.0481. The predicted molar refractivity (Wildman–Crippen MR) is 153 cm³/mol. The maximum absolute atomic E-state index is 13.3. The van der Waals surface area contributed by atoms with Crippen LogP contribution in [-0.2, 0) is 13.0 Å². The summed E-state index contributed by atoms with van der Waals surface area (Å²) in [5.74, 6) is 2.10. The average molecular weight is 528 g/mol. The van der Waals surface area contributed by atoms with Crippen molar-refractivity contribution in [2.24, 2.45) is 5.41 Å². The second kappa shape index (κ2) is 12.7. The molecule has 206 valence electrons. The van der Waals surface area contributed by atoms with Gasteiger partial charge in [0.15, 0.2) is 0 Å². The minimum absolute atomic E-state index is 0.0481. The Morgan fingerprint density at radius 2 is 1.72 bits per heavy atom. The molecule has 7 nitrogen and oxygen atoms in total. The van der Waals surface area contributed by atoms with Crippen LogP contribution in [0.15, 0.2) is 61.2 Å². The number of para-hydroxylation sites is 1. The third-order valence-corrected chi connectivity index (χ3v) is 8.30. The lowest BCUT2D eigenvalue weighted by molar-refractivity contribution is 0.0360. The summed E-state index contributed by atoms with van der Waals surface area (Å²) in [6.45, 7) is 9.07. The monoisotopic (exact) mass is 527 g/mol. The molecule has 39 heavy (non-hydrogen) atoms. The number of carbonyl (C=O) groups is 1. The van der Waals surface area contributed by atoms with Crippen LogP contribution < -0.4 is 4.74 Å². The third-order valence-electron chi connectivity index (χ3n) is 8.30. The van der Waals surface area contributed by atoms with E-state index in [1.165, 1.54) is 24.0 Å². The summed E-state index contributed by atoms with van der Waals surface area (Å²) in [7, 11) is 0. The maximum atomic E-state index is 13.3. The summed E-state index contributed by atoms with van der Waals surface area (Å²) in [4.78, 5) is 30.9. The van der Waals surface area contributed by atoms with E-state index >= 15 is 0 Å². The number of nitrogens with zero attached hydrogens (tertiary/aromatic N) is 5. The Morgan fingerprint density at radius 3 is 2.46 bits per heavy atom. The molecule has 5 rings (SSSR count). The van der Waals surface area contributed by atoms with Crippen molar-refractivity contribution in [3.8, 4) is 5.75 Å². The van der Waals surface area contributed by atoms with E-state index in [-0.39, 0.29) is 17.2 Å². The molecule has 0 aliphatic carbocycles. The van der Waals surface area contributed by atoms with E-state index in [2.05, 4.69) is 70.1 Å². The van der Waals surface area contributed by atoms with E-state index < -0.39 is 0 Å². The van der Waals surface area contributed by atoms with Crippen molar-refractivity contribution in [1.82, 2.24) is 24.8 Å². The average Bonchev–Trinajstić information content (AvgIpc) is 2.96. The summed E-state index contributed by atoms with van der Waals surface area (Å²) < 4.78 is 6.31. The van der Waals surface area contributed by atoms with Crippen molar-refractivity contribution in [2.75, 3.05) is 32.8 Å². The molecule has 0 N–H and O–H groups in total. The summed E-state index contributed by atoms with van der Waals surface area (Å²) in [5, 5.41) is 0. The fourth-order valence-corrected chi connectivity index (χ4v) is 5.99. The lowest BCUT2D eigenvalue weighted by Gasteiger charge is -2.45. The third kappa shape index (κ3) is 7.01. The normalized spacial score (nSPS) is 18.6. The van der Waals surface area contributed by atoms with Crippen molar-refractivity contribution in [2.45, 2.75) is 64.8 Å². The number of fused-ring (bicyclic) bond motifs is 1. The highest BCUT2D eigenvalue weighted by molar-refractivity contribution is 5.93. The molecule has 1 amide bonds.